The molecule has 0 aromatic carbocycles. The zero-order valence-corrected chi connectivity index (χ0v) is 6.44. The third-order valence-corrected chi connectivity index (χ3v) is 0.470. The smallest absolute Gasteiger partial charge is 0.481 e. The molecule has 0 aromatic rings. The van der Waals surface area contributed by atoms with E-state index in [0.29, 0.717) is 0 Å². The van der Waals surface area contributed by atoms with Gasteiger partial charge in [0.25, 0.3) is 0 Å². The van der Waals surface area contributed by atoms with Crippen LogP contribution in [0.4, 0.5) is 0 Å². The first kappa shape index (κ1) is 12.2. The van der Waals surface area contributed by atoms with E-state index in [0.717, 1.165) is 0 Å². The lowest BCUT2D eigenvalue weighted by Crippen LogP contribution is -2.07. The summed E-state index contributed by atoms with van der Waals surface area (Å²) in [5.41, 5.74) is 0. The summed E-state index contributed by atoms with van der Waals surface area (Å²) in [4.78, 5) is 16.7. The number of hydrogen-bond acceptors (Lipinski definition) is 3. The van der Waals surface area contributed by atoms with Crippen LogP contribution in [0.15, 0.2) is 0 Å². The second kappa shape index (κ2) is 8.49. The summed E-state index contributed by atoms with van der Waals surface area (Å²) >= 11 is 0. The lowest BCUT2D eigenvalue weighted by Gasteiger charge is -1.94. The van der Waals surface area contributed by atoms with Crippen LogP contribution in [-0.2, 0) is 9.36 Å². The van der Waals surface area contributed by atoms with Gasteiger partial charge in [-0.1, -0.05) is 0 Å². The molecule has 0 fully saturated rings. The molecule has 60 valence electrons. The van der Waals surface area contributed by atoms with Gasteiger partial charge in [-0.15, -0.1) is 0 Å². The number of aliphatic hydroxyl groups is 1. The van der Waals surface area contributed by atoms with Crippen molar-refractivity contribution in [1.82, 2.24) is 0 Å². The molecule has 5 nitrogen and oxygen atoms in total. The molecule has 0 amide bonds. The minimum atomic E-state index is -1.17. The minimum Gasteiger partial charge on any atom is -0.481 e. The molecule has 0 bridgehead atoms. The number of aliphatic carboxylic acids is 1. The van der Waals surface area contributed by atoms with Crippen LogP contribution in [0.3, 0.4) is 0 Å². The number of carboxylic acids is 1. The molecule has 0 aliphatic heterocycles. The van der Waals surface area contributed by atoms with Crippen molar-refractivity contribution in [2.75, 3.05) is 0 Å². The van der Waals surface area contributed by atoms with E-state index in [2.05, 4.69) is 0 Å². The number of hydrogen-bond donors (Lipinski definition) is 3. The summed E-state index contributed by atoms with van der Waals surface area (Å²) in [5.74, 6) is -0.963. The predicted octanol–water partition coefficient (Wildman–Crippen LogP) is -0.240. The van der Waals surface area contributed by atoms with Crippen LogP contribution in [-0.4, -0.2) is 27.2 Å². The van der Waals surface area contributed by atoms with Gasteiger partial charge in [0, 0.05) is 0 Å². The second-order valence-electron chi connectivity index (χ2n) is 1.54. The van der Waals surface area contributed by atoms with E-state index < -0.39 is 20.8 Å². The highest BCUT2D eigenvalue weighted by Gasteiger charge is 2.00. The average Bonchev–Trinajstić information content (AvgIpc) is 1.62. The Hall–Kier alpha value is -0.510. The number of rotatable bonds is 2. The summed E-state index contributed by atoms with van der Waals surface area (Å²) in [6.07, 6.45) is -0.891. The van der Waals surface area contributed by atoms with Crippen molar-refractivity contribution in [3.05, 3.63) is 0 Å². The second-order valence-corrected chi connectivity index (χ2v) is 1.72. The van der Waals surface area contributed by atoms with E-state index in [4.69, 9.17) is 19.7 Å². The molecule has 0 heterocycles. The van der Waals surface area contributed by atoms with Crippen molar-refractivity contribution >= 4 is 14.7 Å². The molecular formula is C4H10O5P+. The van der Waals surface area contributed by atoms with E-state index in [1.807, 2.05) is 0 Å². The van der Waals surface area contributed by atoms with Crippen molar-refractivity contribution in [3.63, 3.8) is 0 Å². The molecule has 0 aromatic heterocycles. The van der Waals surface area contributed by atoms with Crippen LogP contribution in [0.1, 0.15) is 13.3 Å². The maximum atomic E-state index is 9.65. The van der Waals surface area contributed by atoms with E-state index >= 15 is 0 Å². The van der Waals surface area contributed by atoms with Crippen molar-refractivity contribution in [3.8, 4) is 0 Å². The van der Waals surface area contributed by atoms with Gasteiger partial charge in [-0.3, -0.25) is 4.79 Å². The third-order valence-electron chi connectivity index (χ3n) is 0.470. The number of carboxylic acid groups (broad SMARTS) is 1. The molecule has 0 rings (SSSR count). The minimum absolute atomic E-state index is 0.167. The van der Waals surface area contributed by atoms with Gasteiger partial charge in [0.1, 0.15) is 0 Å². The average molecular weight is 169 g/mol. The molecule has 0 saturated heterocycles. The Morgan fingerprint density at radius 3 is 2.00 bits per heavy atom. The molecule has 0 radical (unpaired) electrons. The zero-order chi connectivity index (χ0) is 8.57. The Bertz CT molecular complexity index is 102. The predicted molar refractivity (Wildman–Crippen MR) is 35.2 cm³/mol. The lowest BCUT2D eigenvalue weighted by atomic mass is 10.3. The molecule has 3 N–H and O–H groups in total. The van der Waals surface area contributed by atoms with Gasteiger partial charge in [-0.25, -0.2) is 0 Å². The van der Waals surface area contributed by atoms with Crippen molar-refractivity contribution in [2.45, 2.75) is 19.4 Å². The van der Waals surface area contributed by atoms with Gasteiger partial charge in [0.15, 0.2) is 0 Å². The van der Waals surface area contributed by atoms with Gasteiger partial charge in [0.05, 0.1) is 12.5 Å². The summed E-state index contributed by atoms with van der Waals surface area (Å²) in [6, 6.07) is 0. The van der Waals surface area contributed by atoms with E-state index in [1.165, 1.54) is 6.92 Å². The molecular weight excluding hydrogens is 159 g/mol. The highest BCUT2D eigenvalue weighted by molar-refractivity contribution is 7.16. The molecule has 2 unspecified atom stereocenters. The van der Waals surface area contributed by atoms with Crippen LogP contribution in [0, 0.1) is 0 Å². The van der Waals surface area contributed by atoms with Crippen molar-refractivity contribution in [2.24, 2.45) is 0 Å². The monoisotopic (exact) mass is 169 g/mol. The Balaban J connectivity index is 0. The molecule has 0 spiro atoms. The summed E-state index contributed by atoms with van der Waals surface area (Å²) < 4.78 is 8.51. The molecule has 10 heavy (non-hydrogen) atoms. The Labute approximate surface area is 59.6 Å². The lowest BCUT2D eigenvalue weighted by molar-refractivity contribution is -0.138. The topological polar surface area (TPSA) is 94.8 Å². The zero-order valence-electron chi connectivity index (χ0n) is 5.44. The van der Waals surface area contributed by atoms with Crippen LogP contribution in [0.25, 0.3) is 0 Å². The number of aliphatic hydroxyl groups excluding tert-OH is 1. The van der Waals surface area contributed by atoms with Crippen molar-refractivity contribution < 1.29 is 24.5 Å². The van der Waals surface area contributed by atoms with E-state index in [1.54, 1.807) is 0 Å². The standard InChI is InChI=1S/C4H8O3.HO2P/c1-3(5)2-4(6)7;1-3-2/h3,5H,2H2,1H3,(H,6,7);3H/p+1. The van der Waals surface area contributed by atoms with Crippen LogP contribution in [0.2, 0.25) is 0 Å². The Morgan fingerprint density at radius 2 is 2.00 bits per heavy atom. The first-order valence-corrected chi connectivity index (χ1v) is 3.31. The van der Waals surface area contributed by atoms with Gasteiger partial charge in [-0.05, 0) is 11.5 Å². The van der Waals surface area contributed by atoms with E-state index in [9.17, 15) is 4.79 Å². The number of carbonyl (C=O) groups is 1. The van der Waals surface area contributed by atoms with Gasteiger partial charge < -0.3 is 10.2 Å². The SMILES string of the molecule is CC(O)CC(=O)O.O=[PH+]O. The van der Waals surface area contributed by atoms with Crippen molar-refractivity contribution in [1.29, 1.82) is 0 Å². The van der Waals surface area contributed by atoms with Crippen LogP contribution >= 0.6 is 8.69 Å². The summed E-state index contributed by atoms with van der Waals surface area (Å²) in [5, 5.41) is 16.3. The fourth-order valence-corrected chi connectivity index (χ4v) is 0.253. The quantitative estimate of drug-likeness (QED) is 0.496. The van der Waals surface area contributed by atoms with E-state index in [-0.39, 0.29) is 6.42 Å². The first-order valence-electron chi connectivity index (χ1n) is 2.45. The maximum absolute atomic E-state index is 9.65. The maximum Gasteiger partial charge on any atom is 0.491 e. The largest absolute Gasteiger partial charge is 0.491 e. The normalized spacial score (nSPS) is 11.5. The highest BCUT2D eigenvalue weighted by atomic mass is 31.1. The molecule has 0 saturated carbocycles. The van der Waals surface area contributed by atoms with Gasteiger partial charge in [0.2, 0.25) is 0 Å². The first-order chi connectivity index (χ1) is 4.54. The van der Waals surface area contributed by atoms with Gasteiger partial charge in [-0.2, -0.15) is 4.89 Å². The van der Waals surface area contributed by atoms with Crippen LogP contribution in [0.5, 0.6) is 0 Å². The molecule has 6 heteroatoms. The fourth-order valence-electron chi connectivity index (χ4n) is 0.253. The highest BCUT2D eigenvalue weighted by Crippen LogP contribution is 1.85. The summed E-state index contributed by atoms with van der Waals surface area (Å²) in [7, 11) is -1.17. The molecule has 2 atom stereocenters. The van der Waals surface area contributed by atoms with Crippen LogP contribution < -0.4 is 0 Å². The molecule has 0 aliphatic rings. The third kappa shape index (κ3) is 25.9. The fraction of sp³-hybridized carbons (Fsp3) is 0.750. The summed E-state index contributed by atoms with van der Waals surface area (Å²) in [6.45, 7) is 1.44. The van der Waals surface area contributed by atoms with Gasteiger partial charge >= 0.3 is 14.7 Å². The Kier molecular flexibility index (Phi) is 10.4. The Morgan fingerprint density at radius 1 is 1.70 bits per heavy atom. The molecule has 0 aliphatic carbocycles.